The summed E-state index contributed by atoms with van der Waals surface area (Å²) in [6, 6.07) is 3.20. The first-order valence-electron chi connectivity index (χ1n) is 6.92. The first-order chi connectivity index (χ1) is 10.0. The summed E-state index contributed by atoms with van der Waals surface area (Å²) in [5.74, 6) is -1.00. The molecule has 1 aromatic rings. The Bertz CT molecular complexity index is 563. The topological polar surface area (TPSA) is 90.8 Å². The van der Waals surface area contributed by atoms with Gasteiger partial charge in [0.15, 0.2) is 5.79 Å². The van der Waals surface area contributed by atoms with Crippen LogP contribution in [-0.4, -0.2) is 38.0 Å². The summed E-state index contributed by atoms with van der Waals surface area (Å²) >= 11 is 6.27. The fourth-order valence-electron chi connectivity index (χ4n) is 2.99. The highest BCUT2D eigenvalue weighted by Gasteiger charge is 2.40. The lowest BCUT2D eigenvalue weighted by atomic mass is 10.0. The molecule has 2 aliphatic heterocycles. The Balaban J connectivity index is 1.86. The largest absolute Gasteiger partial charge is 0.399 e. The molecule has 21 heavy (non-hydrogen) atoms. The second kappa shape index (κ2) is 5.36. The van der Waals surface area contributed by atoms with Crippen LogP contribution in [0.5, 0.6) is 0 Å². The fourth-order valence-corrected chi connectivity index (χ4v) is 3.33. The minimum Gasteiger partial charge on any atom is -0.399 e. The van der Waals surface area contributed by atoms with Gasteiger partial charge in [-0.2, -0.15) is 0 Å². The van der Waals surface area contributed by atoms with Crippen molar-refractivity contribution in [3.05, 3.63) is 22.7 Å². The number of hydrogen-bond donors (Lipinski definition) is 2. The van der Waals surface area contributed by atoms with Crippen LogP contribution >= 0.6 is 11.6 Å². The molecule has 2 aliphatic rings. The highest BCUT2D eigenvalue weighted by molar-refractivity contribution is 6.34. The minimum absolute atomic E-state index is 0.351. The molecular formula is C14H18ClN3O3. The first-order valence-corrected chi connectivity index (χ1v) is 7.30. The van der Waals surface area contributed by atoms with Crippen LogP contribution in [0.1, 0.15) is 23.2 Å². The summed E-state index contributed by atoms with van der Waals surface area (Å²) in [5.41, 5.74) is 12.6. The van der Waals surface area contributed by atoms with Gasteiger partial charge >= 0.3 is 0 Å². The second-order valence-corrected chi connectivity index (χ2v) is 5.77. The molecule has 3 rings (SSSR count). The molecule has 0 aliphatic carbocycles. The number of piperidine rings is 1. The van der Waals surface area contributed by atoms with E-state index in [-0.39, 0.29) is 0 Å². The lowest BCUT2D eigenvalue weighted by Gasteiger charge is -2.39. The van der Waals surface area contributed by atoms with Crippen LogP contribution in [0.2, 0.25) is 5.02 Å². The number of hydrogen-bond acceptors (Lipinski definition) is 5. The predicted octanol–water partition coefficient (Wildman–Crippen LogP) is 1.36. The summed E-state index contributed by atoms with van der Waals surface area (Å²) in [5, 5.41) is 0.438. The molecule has 0 aromatic heterocycles. The Hall–Kier alpha value is -1.50. The summed E-state index contributed by atoms with van der Waals surface area (Å²) in [6.07, 6.45) is 1.46. The normalized spacial score (nSPS) is 20.9. The molecule has 0 unspecified atom stereocenters. The Labute approximate surface area is 127 Å². The molecular weight excluding hydrogens is 294 g/mol. The van der Waals surface area contributed by atoms with E-state index in [2.05, 4.69) is 0 Å². The van der Waals surface area contributed by atoms with Crippen molar-refractivity contribution in [2.24, 2.45) is 5.73 Å². The van der Waals surface area contributed by atoms with E-state index in [0.717, 1.165) is 12.8 Å². The van der Waals surface area contributed by atoms with Gasteiger partial charge in [-0.15, -0.1) is 0 Å². The van der Waals surface area contributed by atoms with Gasteiger partial charge in [-0.05, 0) is 12.1 Å². The maximum Gasteiger partial charge on any atom is 0.250 e. The van der Waals surface area contributed by atoms with Crippen LogP contribution in [0.3, 0.4) is 0 Å². The third kappa shape index (κ3) is 2.66. The van der Waals surface area contributed by atoms with Crippen LogP contribution < -0.4 is 16.4 Å². The van der Waals surface area contributed by atoms with E-state index in [4.69, 9.17) is 32.5 Å². The van der Waals surface area contributed by atoms with Crippen LogP contribution in [0.4, 0.5) is 11.4 Å². The molecule has 4 N–H and O–H groups in total. The summed E-state index contributed by atoms with van der Waals surface area (Å²) in [7, 11) is 0. The van der Waals surface area contributed by atoms with Crippen molar-refractivity contribution in [1.29, 1.82) is 0 Å². The number of carbonyl (C=O) groups is 1. The number of nitrogens with two attached hydrogens (primary N) is 2. The lowest BCUT2D eigenvalue weighted by Crippen LogP contribution is -2.45. The highest BCUT2D eigenvalue weighted by Crippen LogP contribution is 2.38. The molecule has 114 valence electrons. The number of ether oxygens (including phenoxy) is 2. The standard InChI is InChI=1S/C14H18ClN3O3/c15-11-8-9(16)7-10(13(17)19)12(11)18-3-1-14(2-4-18)20-5-6-21-14/h7-8H,1-6,16H2,(H2,17,19). The van der Waals surface area contributed by atoms with E-state index in [1.54, 1.807) is 12.1 Å². The van der Waals surface area contributed by atoms with Gasteiger partial charge in [-0.1, -0.05) is 11.6 Å². The maximum absolute atomic E-state index is 11.7. The number of benzene rings is 1. The molecule has 6 nitrogen and oxygen atoms in total. The zero-order valence-electron chi connectivity index (χ0n) is 11.6. The van der Waals surface area contributed by atoms with Crippen molar-refractivity contribution in [3.8, 4) is 0 Å². The van der Waals surface area contributed by atoms with E-state index >= 15 is 0 Å². The molecule has 0 atom stereocenters. The maximum atomic E-state index is 11.7. The van der Waals surface area contributed by atoms with E-state index in [0.29, 0.717) is 48.3 Å². The molecule has 0 bridgehead atoms. The Morgan fingerprint density at radius 3 is 2.43 bits per heavy atom. The van der Waals surface area contributed by atoms with Crippen LogP contribution in [0.15, 0.2) is 12.1 Å². The number of rotatable bonds is 2. The molecule has 1 amide bonds. The molecule has 7 heteroatoms. The van der Waals surface area contributed by atoms with Gasteiger partial charge in [0.25, 0.3) is 5.91 Å². The zero-order chi connectivity index (χ0) is 15.0. The average Bonchev–Trinajstić information content (AvgIpc) is 2.88. The minimum atomic E-state index is -0.534. The molecule has 1 spiro atoms. The number of carbonyl (C=O) groups excluding carboxylic acids is 1. The van der Waals surface area contributed by atoms with E-state index in [1.165, 1.54) is 0 Å². The third-order valence-electron chi connectivity index (χ3n) is 4.01. The lowest BCUT2D eigenvalue weighted by molar-refractivity contribution is -0.169. The molecule has 2 heterocycles. The van der Waals surface area contributed by atoms with Crippen molar-refractivity contribution in [2.45, 2.75) is 18.6 Å². The Morgan fingerprint density at radius 2 is 1.86 bits per heavy atom. The third-order valence-corrected chi connectivity index (χ3v) is 4.29. The van der Waals surface area contributed by atoms with Gasteiger partial charge in [-0.25, -0.2) is 0 Å². The van der Waals surface area contributed by atoms with Gasteiger partial charge < -0.3 is 25.8 Å². The summed E-state index contributed by atoms with van der Waals surface area (Å²) < 4.78 is 11.4. The summed E-state index contributed by atoms with van der Waals surface area (Å²) in [6.45, 7) is 2.64. The van der Waals surface area contributed by atoms with Crippen molar-refractivity contribution in [1.82, 2.24) is 0 Å². The molecule has 1 aromatic carbocycles. The van der Waals surface area contributed by atoms with Crippen molar-refractivity contribution in [2.75, 3.05) is 36.9 Å². The van der Waals surface area contributed by atoms with Gasteiger partial charge in [-0.3, -0.25) is 4.79 Å². The highest BCUT2D eigenvalue weighted by atomic mass is 35.5. The zero-order valence-corrected chi connectivity index (χ0v) is 12.4. The monoisotopic (exact) mass is 311 g/mol. The van der Waals surface area contributed by atoms with E-state index < -0.39 is 11.7 Å². The van der Waals surface area contributed by atoms with Crippen LogP contribution in [0, 0.1) is 0 Å². The second-order valence-electron chi connectivity index (χ2n) is 5.36. The fraction of sp³-hybridized carbons (Fsp3) is 0.500. The molecule has 0 saturated carbocycles. The number of anilines is 2. The van der Waals surface area contributed by atoms with Gasteiger partial charge in [0, 0.05) is 31.6 Å². The number of nitrogens with zero attached hydrogens (tertiary/aromatic N) is 1. The first kappa shape index (κ1) is 14.4. The Kier molecular flexibility index (Phi) is 3.69. The van der Waals surface area contributed by atoms with Crippen LogP contribution in [0.25, 0.3) is 0 Å². The van der Waals surface area contributed by atoms with Gasteiger partial charge in [0.2, 0.25) is 0 Å². The quantitative estimate of drug-likeness (QED) is 0.805. The average molecular weight is 312 g/mol. The predicted molar refractivity (Wildman–Crippen MR) is 80.5 cm³/mol. The molecule has 2 saturated heterocycles. The number of amides is 1. The summed E-state index contributed by atoms with van der Waals surface area (Å²) in [4.78, 5) is 13.7. The van der Waals surface area contributed by atoms with Gasteiger partial charge in [0.1, 0.15) is 0 Å². The SMILES string of the molecule is NC(=O)c1cc(N)cc(Cl)c1N1CCC2(CC1)OCCO2. The molecule has 0 radical (unpaired) electrons. The van der Waals surface area contributed by atoms with E-state index in [9.17, 15) is 4.79 Å². The van der Waals surface area contributed by atoms with Crippen molar-refractivity contribution >= 4 is 28.9 Å². The number of halogens is 1. The number of nitrogen functional groups attached to an aromatic ring is 1. The van der Waals surface area contributed by atoms with Crippen molar-refractivity contribution in [3.63, 3.8) is 0 Å². The molecule has 2 fully saturated rings. The Morgan fingerprint density at radius 1 is 1.24 bits per heavy atom. The smallest absolute Gasteiger partial charge is 0.250 e. The van der Waals surface area contributed by atoms with Crippen LogP contribution in [-0.2, 0) is 9.47 Å². The number of primary amides is 1. The van der Waals surface area contributed by atoms with E-state index in [1.807, 2.05) is 4.90 Å². The van der Waals surface area contributed by atoms with Crippen molar-refractivity contribution < 1.29 is 14.3 Å². The van der Waals surface area contributed by atoms with Gasteiger partial charge in [0.05, 0.1) is 29.5 Å².